The summed E-state index contributed by atoms with van der Waals surface area (Å²) >= 11 is 0. The first kappa shape index (κ1) is 11.2. The fourth-order valence-corrected chi connectivity index (χ4v) is 1.25. The lowest BCUT2D eigenvalue weighted by molar-refractivity contribution is 0.378. The van der Waals surface area contributed by atoms with E-state index in [1.807, 2.05) is 0 Å². The maximum atomic E-state index is 5.21. The molecule has 1 N–H and O–H groups in total. The Labute approximate surface area is 89.5 Å². The Morgan fingerprint density at radius 1 is 1.07 bits per heavy atom. The van der Waals surface area contributed by atoms with Gasteiger partial charge in [-0.25, -0.2) is 0 Å². The minimum absolute atomic E-state index is 0.645. The fourth-order valence-electron chi connectivity index (χ4n) is 1.25. The Bertz CT molecular complexity index is 325. The molecule has 15 heavy (non-hydrogen) atoms. The Hall–Kier alpha value is -1.84. The van der Waals surface area contributed by atoms with Crippen LogP contribution in [0.15, 0.2) is 24.9 Å². The van der Waals surface area contributed by atoms with Crippen molar-refractivity contribution >= 4 is 5.69 Å². The van der Waals surface area contributed by atoms with E-state index in [4.69, 9.17) is 14.2 Å². The van der Waals surface area contributed by atoms with E-state index >= 15 is 0 Å². The molecular weight excluding hydrogens is 194 g/mol. The van der Waals surface area contributed by atoms with Crippen LogP contribution in [0.5, 0.6) is 17.2 Å². The molecule has 0 atom stereocenters. The second-order valence-electron chi connectivity index (χ2n) is 2.76. The molecule has 0 amide bonds. The summed E-state index contributed by atoms with van der Waals surface area (Å²) in [5.41, 5.74) is 0.732. The molecule has 1 aromatic carbocycles. The molecule has 4 heteroatoms. The molecule has 0 unspecified atom stereocenters. The van der Waals surface area contributed by atoms with Gasteiger partial charge in [0.25, 0.3) is 0 Å². The van der Waals surface area contributed by atoms with Gasteiger partial charge in [-0.2, -0.15) is 0 Å². The summed E-state index contributed by atoms with van der Waals surface area (Å²) in [7, 11) is 4.76. The minimum atomic E-state index is 0.645. The summed E-state index contributed by atoms with van der Waals surface area (Å²) in [5, 5.41) is 2.96. The zero-order chi connectivity index (χ0) is 11.3. The van der Waals surface area contributed by atoms with Gasteiger partial charge in [-0.15, -0.1) is 0 Å². The van der Waals surface area contributed by atoms with Crippen LogP contribution in [0.4, 0.5) is 5.69 Å². The van der Waals surface area contributed by atoms with Crippen molar-refractivity contribution in [1.29, 1.82) is 0 Å². The van der Waals surface area contributed by atoms with Gasteiger partial charge in [-0.1, -0.05) is 6.58 Å². The van der Waals surface area contributed by atoms with Crippen molar-refractivity contribution in [3.8, 4) is 17.2 Å². The molecule has 0 saturated heterocycles. The molecule has 4 nitrogen and oxygen atoms in total. The molecular formula is C11H15NO3. The lowest BCUT2D eigenvalue weighted by atomic mass is 10.2. The van der Waals surface area contributed by atoms with Gasteiger partial charge in [-0.3, -0.25) is 0 Å². The molecule has 0 saturated carbocycles. The zero-order valence-corrected chi connectivity index (χ0v) is 9.16. The van der Waals surface area contributed by atoms with Gasteiger partial charge in [0.15, 0.2) is 0 Å². The molecule has 0 aromatic heterocycles. The number of hydrogen-bond donors (Lipinski definition) is 1. The van der Waals surface area contributed by atoms with Crippen LogP contribution in [0.1, 0.15) is 0 Å². The molecule has 1 aromatic rings. The van der Waals surface area contributed by atoms with Gasteiger partial charge >= 0.3 is 0 Å². The Kier molecular flexibility index (Phi) is 3.85. The fraction of sp³-hybridized carbons (Fsp3) is 0.273. The Balaban J connectivity index is 3.25. The summed E-state index contributed by atoms with van der Waals surface area (Å²) in [4.78, 5) is 0. The summed E-state index contributed by atoms with van der Waals surface area (Å²) in [6, 6.07) is 3.54. The second-order valence-corrected chi connectivity index (χ2v) is 2.76. The maximum absolute atomic E-state index is 5.21. The smallest absolute Gasteiger partial charge is 0.149 e. The first-order chi connectivity index (χ1) is 7.26. The molecule has 0 radical (unpaired) electrons. The van der Waals surface area contributed by atoms with Crippen molar-refractivity contribution in [3.63, 3.8) is 0 Å². The third kappa shape index (κ3) is 2.34. The van der Waals surface area contributed by atoms with Crippen LogP contribution in [0.3, 0.4) is 0 Å². The van der Waals surface area contributed by atoms with Gasteiger partial charge in [0.05, 0.1) is 21.3 Å². The minimum Gasteiger partial charge on any atom is -0.496 e. The first-order valence-corrected chi connectivity index (χ1v) is 4.44. The van der Waals surface area contributed by atoms with E-state index in [9.17, 15) is 0 Å². The SMILES string of the molecule is C=CNc1c(OC)cc(OC)cc1OC. The van der Waals surface area contributed by atoms with Crippen LogP contribution < -0.4 is 19.5 Å². The maximum Gasteiger partial charge on any atom is 0.149 e. The molecule has 82 valence electrons. The standard InChI is InChI=1S/C11H15NO3/c1-5-12-11-9(14-3)6-8(13-2)7-10(11)15-4/h5-7,12H,1H2,2-4H3. The van der Waals surface area contributed by atoms with E-state index in [1.54, 1.807) is 39.7 Å². The van der Waals surface area contributed by atoms with Crippen molar-refractivity contribution in [1.82, 2.24) is 0 Å². The van der Waals surface area contributed by atoms with E-state index in [2.05, 4.69) is 11.9 Å². The van der Waals surface area contributed by atoms with E-state index < -0.39 is 0 Å². The molecule has 0 heterocycles. The average Bonchev–Trinajstić information content (AvgIpc) is 2.29. The molecule has 0 aliphatic rings. The molecule has 0 bridgehead atoms. The van der Waals surface area contributed by atoms with E-state index in [-0.39, 0.29) is 0 Å². The van der Waals surface area contributed by atoms with Crippen LogP contribution in [0, 0.1) is 0 Å². The number of rotatable bonds is 5. The van der Waals surface area contributed by atoms with Crippen LogP contribution in [0.25, 0.3) is 0 Å². The van der Waals surface area contributed by atoms with Gasteiger partial charge < -0.3 is 19.5 Å². The lowest BCUT2D eigenvalue weighted by Gasteiger charge is -2.14. The van der Waals surface area contributed by atoms with Gasteiger partial charge in [-0.05, 0) is 6.20 Å². The van der Waals surface area contributed by atoms with Crippen LogP contribution in [0.2, 0.25) is 0 Å². The number of nitrogens with one attached hydrogen (secondary N) is 1. The molecule has 0 spiro atoms. The third-order valence-corrected chi connectivity index (χ3v) is 1.96. The molecule has 0 fully saturated rings. The summed E-state index contributed by atoms with van der Waals surface area (Å²) in [6.07, 6.45) is 1.56. The van der Waals surface area contributed by atoms with Crippen molar-refractivity contribution in [2.24, 2.45) is 0 Å². The summed E-state index contributed by atoms with van der Waals surface area (Å²) < 4.78 is 15.5. The highest BCUT2D eigenvalue weighted by molar-refractivity contribution is 5.69. The third-order valence-electron chi connectivity index (χ3n) is 1.96. The van der Waals surface area contributed by atoms with E-state index in [1.165, 1.54) is 0 Å². The number of ether oxygens (including phenoxy) is 3. The van der Waals surface area contributed by atoms with Crippen molar-refractivity contribution in [2.45, 2.75) is 0 Å². The quantitative estimate of drug-likeness (QED) is 0.807. The monoisotopic (exact) mass is 209 g/mol. The van der Waals surface area contributed by atoms with E-state index in [0.717, 1.165) is 5.69 Å². The van der Waals surface area contributed by atoms with Gasteiger partial charge in [0.1, 0.15) is 22.9 Å². The second kappa shape index (κ2) is 5.14. The van der Waals surface area contributed by atoms with E-state index in [0.29, 0.717) is 17.2 Å². The van der Waals surface area contributed by atoms with Gasteiger partial charge in [0.2, 0.25) is 0 Å². The number of anilines is 1. The number of methoxy groups -OCH3 is 3. The summed E-state index contributed by atoms with van der Waals surface area (Å²) in [5.74, 6) is 1.97. The molecule has 1 rings (SSSR count). The average molecular weight is 209 g/mol. The number of hydrogen-bond acceptors (Lipinski definition) is 4. The Morgan fingerprint density at radius 3 is 1.93 bits per heavy atom. The highest BCUT2D eigenvalue weighted by Crippen LogP contribution is 2.38. The van der Waals surface area contributed by atoms with Crippen LogP contribution in [-0.2, 0) is 0 Å². The largest absolute Gasteiger partial charge is 0.496 e. The normalized spacial score (nSPS) is 9.27. The molecule has 0 aliphatic carbocycles. The lowest BCUT2D eigenvalue weighted by Crippen LogP contribution is -1.97. The summed E-state index contributed by atoms with van der Waals surface area (Å²) in [6.45, 7) is 3.60. The van der Waals surface area contributed by atoms with Crippen molar-refractivity contribution < 1.29 is 14.2 Å². The Morgan fingerprint density at radius 2 is 1.60 bits per heavy atom. The van der Waals surface area contributed by atoms with Crippen LogP contribution in [-0.4, -0.2) is 21.3 Å². The van der Waals surface area contributed by atoms with Crippen LogP contribution >= 0.6 is 0 Å². The van der Waals surface area contributed by atoms with Gasteiger partial charge in [0, 0.05) is 12.1 Å². The zero-order valence-electron chi connectivity index (χ0n) is 9.16. The van der Waals surface area contributed by atoms with Crippen molar-refractivity contribution in [2.75, 3.05) is 26.6 Å². The first-order valence-electron chi connectivity index (χ1n) is 4.44. The predicted molar refractivity (Wildman–Crippen MR) is 59.9 cm³/mol. The van der Waals surface area contributed by atoms with Crippen molar-refractivity contribution in [3.05, 3.63) is 24.9 Å². The number of benzene rings is 1. The topological polar surface area (TPSA) is 39.7 Å². The predicted octanol–water partition coefficient (Wildman–Crippen LogP) is 2.27. The highest BCUT2D eigenvalue weighted by atomic mass is 16.5. The highest BCUT2D eigenvalue weighted by Gasteiger charge is 2.11. The molecule has 0 aliphatic heterocycles.